The third kappa shape index (κ3) is 2.66. The average Bonchev–Trinajstić information content (AvgIpc) is 2.88. The van der Waals surface area contributed by atoms with Gasteiger partial charge in [-0.05, 0) is 12.8 Å². The molecule has 1 aromatic rings. The highest BCUT2D eigenvalue weighted by Crippen LogP contribution is 2.37. The van der Waals surface area contributed by atoms with E-state index in [9.17, 15) is 4.79 Å². The van der Waals surface area contributed by atoms with Crippen molar-refractivity contribution in [2.75, 3.05) is 24.3 Å². The van der Waals surface area contributed by atoms with E-state index in [1.807, 2.05) is 0 Å². The number of anilines is 2. The first-order valence-corrected chi connectivity index (χ1v) is 7.24. The monoisotopic (exact) mass is 276 g/mol. The molecule has 1 aliphatic heterocycles. The van der Waals surface area contributed by atoms with E-state index < -0.39 is 0 Å². The van der Waals surface area contributed by atoms with Gasteiger partial charge in [0, 0.05) is 24.5 Å². The Bertz CT molecular complexity index is 510. The fourth-order valence-electron chi connectivity index (χ4n) is 2.76. The van der Waals surface area contributed by atoms with E-state index in [-0.39, 0.29) is 11.8 Å². The van der Waals surface area contributed by atoms with E-state index in [4.69, 9.17) is 15.2 Å². The number of nitrogens with one attached hydrogen (secondary N) is 1. The predicted octanol–water partition coefficient (Wildman–Crippen LogP) is 2.56. The van der Waals surface area contributed by atoms with Crippen molar-refractivity contribution in [1.82, 2.24) is 0 Å². The Morgan fingerprint density at radius 1 is 1.10 bits per heavy atom. The molecule has 0 radical (unpaired) electrons. The van der Waals surface area contributed by atoms with Crippen LogP contribution in [0.5, 0.6) is 11.5 Å². The molecule has 0 unspecified atom stereocenters. The molecule has 0 bridgehead atoms. The number of fused-ring (bicyclic) bond motifs is 1. The number of hydrogen-bond donors (Lipinski definition) is 2. The lowest BCUT2D eigenvalue weighted by Crippen LogP contribution is -2.21. The molecule has 1 saturated carbocycles. The summed E-state index contributed by atoms with van der Waals surface area (Å²) in [5, 5.41) is 2.92. The summed E-state index contributed by atoms with van der Waals surface area (Å²) in [6.07, 6.45) is 5.05. The largest absolute Gasteiger partial charge is 0.489 e. The van der Waals surface area contributed by atoms with Crippen molar-refractivity contribution in [3.63, 3.8) is 0 Å². The predicted molar refractivity (Wildman–Crippen MR) is 77.0 cm³/mol. The fourth-order valence-corrected chi connectivity index (χ4v) is 2.76. The van der Waals surface area contributed by atoms with Gasteiger partial charge in [0.1, 0.15) is 0 Å². The highest BCUT2D eigenvalue weighted by Gasteiger charge is 2.24. The molecule has 3 N–H and O–H groups in total. The van der Waals surface area contributed by atoms with Crippen LogP contribution < -0.4 is 20.5 Å². The van der Waals surface area contributed by atoms with Crippen LogP contribution in [-0.2, 0) is 4.79 Å². The van der Waals surface area contributed by atoms with Gasteiger partial charge in [-0.15, -0.1) is 0 Å². The lowest BCUT2D eigenvalue weighted by atomic mass is 10.1. The van der Waals surface area contributed by atoms with E-state index in [2.05, 4.69) is 5.32 Å². The van der Waals surface area contributed by atoms with Gasteiger partial charge in [-0.2, -0.15) is 0 Å². The maximum atomic E-state index is 12.2. The van der Waals surface area contributed by atoms with Gasteiger partial charge in [0.25, 0.3) is 0 Å². The topological polar surface area (TPSA) is 73.6 Å². The van der Waals surface area contributed by atoms with Gasteiger partial charge in [0.2, 0.25) is 5.91 Å². The minimum absolute atomic E-state index is 0.0590. The number of rotatable bonds is 2. The molecule has 1 aromatic carbocycles. The Morgan fingerprint density at radius 3 is 2.45 bits per heavy atom. The van der Waals surface area contributed by atoms with Crippen molar-refractivity contribution in [1.29, 1.82) is 0 Å². The number of amides is 1. The molecule has 0 aromatic heterocycles. The summed E-state index contributed by atoms with van der Waals surface area (Å²) in [6.45, 7) is 1.24. The molecule has 3 rings (SSSR count). The number of nitrogen functional groups attached to an aromatic ring is 1. The maximum absolute atomic E-state index is 12.2. The first-order valence-electron chi connectivity index (χ1n) is 7.24. The minimum atomic E-state index is 0.0590. The van der Waals surface area contributed by atoms with Crippen LogP contribution in [0.2, 0.25) is 0 Å². The SMILES string of the molecule is Nc1cc2c(cc1NC(=O)C1CCCC1)OCCCO2. The Kier molecular flexibility index (Phi) is 3.67. The van der Waals surface area contributed by atoms with Gasteiger partial charge in [0.15, 0.2) is 11.5 Å². The molecule has 5 nitrogen and oxygen atoms in total. The lowest BCUT2D eigenvalue weighted by molar-refractivity contribution is -0.119. The Balaban J connectivity index is 1.78. The highest BCUT2D eigenvalue weighted by atomic mass is 16.5. The third-order valence-electron chi connectivity index (χ3n) is 3.90. The van der Waals surface area contributed by atoms with Crippen LogP contribution >= 0.6 is 0 Å². The molecular weight excluding hydrogens is 256 g/mol. The van der Waals surface area contributed by atoms with Crippen molar-refractivity contribution in [2.24, 2.45) is 5.92 Å². The number of nitrogens with two attached hydrogens (primary N) is 1. The van der Waals surface area contributed by atoms with Gasteiger partial charge in [0.05, 0.1) is 24.6 Å². The van der Waals surface area contributed by atoms with Gasteiger partial charge >= 0.3 is 0 Å². The number of hydrogen-bond acceptors (Lipinski definition) is 4. The summed E-state index contributed by atoms with van der Waals surface area (Å²) < 4.78 is 11.2. The van der Waals surface area contributed by atoms with Gasteiger partial charge < -0.3 is 20.5 Å². The number of carbonyl (C=O) groups excluding carboxylic acids is 1. The van der Waals surface area contributed by atoms with Crippen molar-refractivity contribution >= 4 is 17.3 Å². The first kappa shape index (κ1) is 13.1. The van der Waals surface area contributed by atoms with E-state index in [0.29, 0.717) is 36.1 Å². The smallest absolute Gasteiger partial charge is 0.227 e. The zero-order valence-corrected chi connectivity index (χ0v) is 11.5. The standard InChI is InChI=1S/C15H20N2O3/c16-11-8-13-14(20-7-3-6-19-13)9-12(11)17-15(18)10-4-1-2-5-10/h8-10H,1-7,16H2,(H,17,18). The molecule has 2 aliphatic rings. The summed E-state index contributed by atoms with van der Waals surface area (Å²) in [5.41, 5.74) is 7.12. The van der Waals surface area contributed by atoms with Crippen molar-refractivity contribution in [3.05, 3.63) is 12.1 Å². The van der Waals surface area contributed by atoms with Gasteiger partial charge in [-0.3, -0.25) is 4.79 Å². The van der Waals surface area contributed by atoms with Crippen molar-refractivity contribution in [3.8, 4) is 11.5 Å². The van der Waals surface area contributed by atoms with Crippen LogP contribution in [0.25, 0.3) is 0 Å². The quantitative estimate of drug-likeness (QED) is 0.814. The zero-order valence-electron chi connectivity index (χ0n) is 11.5. The molecule has 0 saturated heterocycles. The van der Waals surface area contributed by atoms with Crippen LogP contribution in [0, 0.1) is 5.92 Å². The maximum Gasteiger partial charge on any atom is 0.227 e. The van der Waals surface area contributed by atoms with E-state index >= 15 is 0 Å². The Labute approximate surface area is 118 Å². The van der Waals surface area contributed by atoms with E-state index in [1.54, 1.807) is 12.1 Å². The molecule has 20 heavy (non-hydrogen) atoms. The van der Waals surface area contributed by atoms with Crippen LogP contribution in [-0.4, -0.2) is 19.1 Å². The van der Waals surface area contributed by atoms with Crippen LogP contribution in [0.4, 0.5) is 11.4 Å². The van der Waals surface area contributed by atoms with Crippen LogP contribution in [0.15, 0.2) is 12.1 Å². The molecule has 1 aliphatic carbocycles. The van der Waals surface area contributed by atoms with Crippen LogP contribution in [0.1, 0.15) is 32.1 Å². The summed E-state index contributed by atoms with van der Waals surface area (Å²) in [4.78, 5) is 12.2. The number of benzene rings is 1. The summed E-state index contributed by atoms with van der Waals surface area (Å²) in [7, 11) is 0. The Morgan fingerprint density at radius 2 is 1.75 bits per heavy atom. The van der Waals surface area contributed by atoms with E-state index in [0.717, 1.165) is 32.1 Å². The number of ether oxygens (including phenoxy) is 2. The molecule has 1 amide bonds. The second kappa shape index (κ2) is 5.61. The summed E-state index contributed by atoms with van der Waals surface area (Å²) >= 11 is 0. The lowest BCUT2D eigenvalue weighted by Gasteiger charge is -2.15. The number of carbonyl (C=O) groups is 1. The van der Waals surface area contributed by atoms with Gasteiger partial charge in [-0.1, -0.05) is 12.8 Å². The van der Waals surface area contributed by atoms with Gasteiger partial charge in [-0.25, -0.2) is 0 Å². The zero-order chi connectivity index (χ0) is 13.9. The highest BCUT2D eigenvalue weighted by molar-refractivity contribution is 5.96. The summed E-state index contributed by atoms with van der Waals surface area (Å²) in [5.74, 6) is 1.48. The fraction of sp³-hybridized carbons (Fsp3) is 0.533. The molecular formula is C15H20N2O3. The molecule has 5 heteroatoms. The minimum Gasteiger partial charge on any atom is -0.489 e. The van der Waals surface area contributed by atoms with Crippen LogP contribution in [0.3, 0.4) is 0 Å². The van der Waals surface area contributed by atoms with E-state index in [1.165, 1.54) is 0 Å². The molecule has 108 valence electrons. The molecule has 0 atom stereocenters. The van der Waals surface area contributed by atoms with Crippen molar-refractivity contribution in [2.45, 2.75) is 32.1 Å². The first-order chi connectivity index (χ1) is 9.74. The average molecular weight is 276 g/mol. The summed E-state index contributed by atoms with van der Waals surface area (Å²) in [6, 6.07) is 3.49. The molecule has 0 spiro atoms. The third-order valence-corrected chi connectivity index (χ3v) is 3.90. The molecule has 1 fully saturated rings. The second-order valence-corrected chi connectivity index (χ2v) is 5.41. The molecule has 1 heterocycles. The normalized spacial score (nSPS) is 18.6. The Hall–Kier alpha value is -1.91. The van der Waals surface area contributed by atoms with Crippen molar-refractivity contribution < 1.29 is 14.3 Å². The second-order valence-electron chi connectivity index (χ2n) is 5.41.